The molecule has 0 spiro atoms. The molecular weight excluding hydrogens is 212 g/mol. The molecule has 0 aliphatic rings. The number of rotatable bonds is 4. The lowest BCUT2D eigenvalue weighted by atomic mass is 10.1. The van der Waals surface area contributed by atoms with E-state index in [4.69, 9.17) is 5.73 Å². The Balaban J connectivity index is 2.40. The van der Waals surface area contributed by atoms with Crippen LogP contribution >= 0.6 is 0 Å². The summed E-state index contributed by atoms with van der Waals surface area (Å²) >= 11 is 0. The number of para-hydroxylation sites is 1. The van der Waals surface area contributed by atoms with Crippen LogP contribution < -0.4 is 10.6 Å². The van der Waals surface area contributed by atoms with E-state index in [1.54, 1.807) is 0 Å². The summed E-state index contributed by atoms with van der Waals surface area (Å²) in [6.07, 6.45) is 3.80. The van der Waals surface area contributed by atoms with Crippen LogP contribution in [0.3, 0.4) is 0 Å². The first kappa shape index (κ1) is 11.7. The fourth-order valence-electron chi connectivity index (χ4n) is 1.97. The molecule has 2 rings (SSSR count). The highest BCUT2D eigenvalue weighted by Crippen LogP contribution is 2.25. The van der Waals surface area contributed by atoms with Crippen molar-refractivity contribution in [2.45, 2.75) is 20.0 Å². The lowest BCUT2D eigenvalue weighted by Crippen LogP contribution is -2.17. The second-order valence-corrected chi connectivity index (χ2v) is 3.91. The molecule has 0 aliphatic carbocycles. The second kappa shape index (κ2) is 5.01. The van der Waals surface area contributed by atoms with Crippen molar-refractivity contribution in [1.29, 1.82) is 0 Å². The van der Waals surface area contributed by atoms with Crippen molar-refractivity contribution in [3.8, 4) is 0 Å². The van der Waals surface area contributed by atoms with Gasteiger partial charge in [-0.2, -0.15) is 0 Å². The third kappa shape index (κ3) is 2.17. The van der Waals surface area contributed by atoms with Gasteiger partial charge in [-0.05, 0) is 18.6 Å². The summed E-state index contributed by atoms with van der Waals surface area (Å²) in [7, 11) is 2.02. The van der Waals surface area contributed by atoms with Gasteiger partial charge in [0.1, 0.15) is 0 Å². The van der Waals surface area contributed by atoms with E-state index >= 15 is 0 Å². The van der Waals surface area contributed by atoms with Crippen molar-refractivity contribution in [1.82, 2.24) is 9.55 Å². The predicted octanol–water partition coefficient (Wildman–Crippen LogP) is 2.13. The van der Waals surface area contributed by atoms with Crippen molar-refractivity contribution in [3.05, 3.63) is 42.2 Å². The number of nitrogens with two attached hydrogens (primary N) is 1. The Hall–Kier alpha value is -1.81. The zero-order valence-corrected chi connectivity index (χ0v) is 10.3. The summed E-state index contributed by atoms with van der Waals surface area (Å²) in [6, 6.07) is 8.14. The van der Waals surface area contributed by atoms with Gasteiger partial charge in [0, 0.05) is 38.2 Å². The Morgan fingerprint density at radius 2 is 2.12 bits per heavy atom. The van der Waals surface area contributed by atoms with E-state index < -0.39 is 0 Å². The molecule has 0 radical (unpaired) electrons. The Labute approximate surface area is 102 Å². The van der Waals surface area contributed by atoms with Crippen molar-refractivity contribution >= 4 is 11.6 Å². The predicted molar refractivity (Wildman–Crippen MR) is 70.3 cm³/mol. The summed E-state index contributed by atoms with van der Waals surface area (Å²) in [4.78, 5) is 6.46. The van der Waals surface area contributed by atoms with Crippen LogP contribution in [0.4, 0.5) is 11.6 Å². The fourth-order valence-corrected chi connectivity index (χ4v) is 1.97. The van der Waals surface area contributed by atoms with Crippen molar-refractivity contribution in [3.63, 3.8) is 0 Å². The maximum Gasteiger partial charge on any atom is 0.209 e. The topological polar surface area (TPSA) is 47.1 Å². The lowest BCUT2D eigenvalue weighted by molar-refractivity contribution is 0.753. The third-order valence-electron chi connectivity index (χ3n) is 2.91. The molecule has 0 bridgehead atoms. The summed E-state index contributed by atoms with van der Waals surface area (Å²) in [5.74, 6) is 0.938. The molecule has 0 atom stereocenters. The average Bonchev–Trinajstić information content (AvgIpc) is 2.86. The molecule has 4 heteroatoms. The number of benzene rings is 1. The molecule has 0 saturated heterocycles. The van der Waals surface area contributed by atoms with Crippen LogP contribution in [0.5, 0.6) is 0 Å². The smallest absolute Gasteiger partial charge is 0.209 e. The number of imidazole rings is 1. The molecule has 0 amide bonds. The third-order valence-corrected chi connectivity index (χ3v) is 2.91. The van der Waals surface area contributed by atoms with Gasteiger partial charge in [0.2, 0.25) is 5.95 Å². The van der Waals surface area contributed by atoms with Gasteiger partial charge in [-0.1, -0.05) is 18.2 Å². The van der Waals surface area contributed by atoms with Crippen LogP contribution in [0.2, 0.25) is 0 Å². The van der Waals surface area contributed by atoms with Crippen molar-refractivity contribution in [2.24, 2.45) is 5.73 Å². The minimum atomic E-state index is 0.535. The van der Waals surface area contributed by atoms with Crippen LogP contribution in [0.15, 0.2) is 36.7 Å². The van der Waals surface area contributed by atoms with Gasteiger partial charge in [-0.25, -0.2) is 4.98 Å². The molecule has 0 saturated carbocycles. The number of hydrogen-bond acceptors (Lipinski definition) is 3. The van der Waals surface area contributed by atoms with E-state index in [9.17, 15) is 0 Å². The Kier molecular flexibility index (Phi) is 3.44. The van der Waals surface area contributed by atoms with Crippen molar-refractivity contribution in [2.75, 3.05) is 11.9 Å². The minimum Gasteiger partial charge on any atom is -0.326 e. The largest absolute Gasteiger partial charge is 0.326 e. The summed E-state index contributed by atoms with van der Waals surface area (Å²) < 4.78 is 2.10. The van der Waals surface area contributed by atoms with Crippen LogP contribution in [-0.4, -0.2) is 16.6 Å². The Morgan fingerprint density at radius 1 is 1.35 bits per heavy atom. The summed E-state index contributed by atoms with van der Waals surface area (Å²) in [5.41, 5.74) is 7.99. The van der Waals surface area contributed by atoms with Gasteiger partial charge in [0.25, 0.3) is 0 Å². The van der Waals surface area contributed by atoms with Gasteiger partial charge in [-0.15, -0.1) is 0 Å². The maximum absolute atomic E-state index is 5.76. The molecule has 1 aromatic carbocycles. The maximum atomic E-state index is 5.76. The zero-order chi connectivity index (χ0) is 12.3. The highest BCUT2D eigenvalue weighted by molar-refractivity contribution is 5.61. The molecule has 0 unspecified atom stereocenters. The van der Waals surface area contributed by atoms with E-state index in [1.807, 2.05) is 37.6 Å². The molecule has 4 nitrogen and oxygen atoms in total. The van der Waals surface area contributed by atoms with E-state index in [-0.39, 0.29) is 0 Å². The molecule has 0 fully saturated rings. The first-order valence-electron chi connectivity index (χ1n) is 5.80. The highest BCUT2D eigenvalue weighted by atomic mass is 15.3. The first-order chi connectivity index (χ1) is 8.27. The van der Waals surface area contributed by atoms with Gasteiger partial charge in [-0.3, -0.25) is 0 Å². The molecule has 0 aliphatic heterocycles. The zero-order valence-electron chi connectivity index (χ0n) is 10.3. The van der Waals surface area contributed by atoms with Crippen molar-refractivity contribution < 1.29 is 0 Å². The number of hydrogen-bond donors (Lipinski definition) is 1. The molecule has 1 heterocycles. The number of nitrogens with zero attached hydrogens (tertiary/aromatic N) is 3. The Bertz CT molecular complexity index is 490. The second-order valence-electron chi connectivity index (χ2n) is 3.91. The molecule has 1 aromatic heterocycles. The van der Waals surface area contributed by atoms with Crippen LogP contribution in [0.1, 0.15) is 12.5 Å². The van der Waals surface area contributed by atoms with Crippen LogP contribution in [0, 0.1) is 0 Å². The molecule has 17 heavy (non-hydrogen) atoms. The van der Waals surface area contributed by atoms with E-state index in [0.29, 0.717) is 6.54 Å². The van der Waals surface area contributed by atoms with E-state index in [2.05, 4.69) is 27.4 Å². The number of aromatic nitrogens is 2. The quantitative estimate of drug-likeness (QED) is 0.875. The SMILES string of the molecule is CCn1ccnc1N(C)c1ccccc1CN. The molecular formula is C13H18N4. The minimum absolute atomic E-state index is 0.535. The normalized spacial score (nSPS) is 10.5. The van der Waals surface area contributed by atoms with E-state index in [1.165, 1.54) is 0 Å². The molecule has 2 N–H and O–H groups in total. The number of anilines is 2. The van der Waals surface area contributed by atoms with Gasteiger partial charge in [0.15, 0.2) is 0 Å². The standard InChI is InChI=1S/C13H18N4/c1-3-17-9-8-15-13(17)16(2)12-7-5-4-6-11(12)10-14/h4-9H,3,10,14H2,1-2H3. The molecule has 90 valence electrons. The highest BCUT2D eigenvalue weighted by Gasteiger charge is 2.11. The summed E-state index contributed by atoms with van der Waals surface area (Å²) in [5, 5.41) is 0. The van der Waals surface area contributed by atoms with Crippen LogP contribution in [-0.2, 0) is 13.1 Å². The number of aryl methyl sites for hydroxylation is 1. The van der Waals surface area contributed by atoms with Crippen LogP contribution in [0.25, 0.3) is 0 Å². The lowest BCUT2D eigenvalue weighted by Gasteiger charge is -2.21. The Morgan fingerprint density at radius 3 is 2.82 bits per heavy atom. The van der Waals surface area contributed by atoms with Gasteiger partial charge < -0.3 is 15.2 Å². The monoisotopic (exact) mass is 230 g/mol. The molecule has 2 aromatic rings. The summed E-state index contributed by atoms with van der Waals surface area (Å²) in [6.45, 7) is 3.55. The first-order valence-corrected chi connectivity index (χ1v) is 5.80. The average molecular weight is 230 g/mol. The van der Waals surface area contributed by atoms with Gasteiger partial charge >= 0.3 is 0 Å². The fraction of sp³-hybridized carbons (Fsp3) is 0.308. The van der Waals surface area contributed by atoms with E-state index in [0.717, 1.165) is 23.7 Å². The van der Waals surface area contributed by atoms with Gasteiger partial charge in [0.05, 0.1) is 0 Å².